The summed E-state index contributed by atoms with van der Waals surface area (Å²) < 4.78 is 0. The van der Waals surface area contributed by atoms with Crippen molar-refractivity contribution in [2.75, 3.05) is 6.61 Å². The molecule has 0 heterocycles. The van der Waals surface area contributed by atoms with Crippen molar-refractivity contribution in [1.29, 1.82) is 0 Å². The van der Waals surface area contributed by atoms with Crippen molar-refractivity contribution in [3.8, 4) is 0 Å². The molecule has 1 nitrogen and oxygen atoms in total. The van der Waals surface area contributed by atoms with Crippen LogP contribution in [0.1, 0.15) is 119 Å². The molecule has 0 spiro atoms. The van der Waals surface area contributed by atoms with Gasteiger partial charge in [-0.15, -0.1) is 0 Å². The third-order valence-corrected chi connectivity index (χ3v) is 8.14. The van der Waals surface area contributed by atoms with E-state index in [0.717, 1.165) is 17.8 Å². The number of aliphatic hydroxyl groups excluding tert-OH is 1. The van der Waals surface area contributed by atoms with Crippen LogP contribution >= 0.6 is 0 Å². The maximum atomic E-state index is 9.67. The molecule has 1 fully saturated rings. The van der Waals surface area contributed by atoms with E-state index in [1.54, 1.807) is 0 Å². The van der Waals surface area contributed by atoms with Gasteiger partial charge in [-0.3, -0.25) is 0 Å². The molecule has 0 amide bonds. The molecule has 0 aliphatic heterocycles. The molecule has 1 heteroatoms. The fourth-order valence-corrected chi connectivity index (χ4v) is 5.25. The van der Waals surface area contributed by atoms with Crippen molar-refractivity contribution in [2.45, 2.75) is 119 Å². The maximum Gasteiger partial charge on any atom is 0.0464 e. The van der Waals surface area contributed by atoms with Gasteiger partial charge in [0.05, 0.1) is 0 Å². The molecular weight excluding hydrogens is 316 g/mol. The molecule has 4 atom stereocenters. The van der Waals surface area contributed by atoms with Gasteiger partial charge in [-0.1, -0.05) is 99.8 Å². The van der Waals surface area contributed by atoms with E-state index >= 15 is 0 Å². The molecule has 4 unspecified atom stereocenters. The molecule has 1 aliphatic rings. The predicted molar refractivity (Wildman–Crippen MR) is 116 cm³/mol. The lowest BCUT2D eigenvalue weighted by Gasteiger charge is -2.42. The predicted octanol–water partition coefficient (Wildman–Crippen LogP) is 7.86. The summed E-state index contributed by atoms with van der Waals surface area (Å²) >= 11 is 0. The van der Waals surface area contributed by atoms with Crippen molar-refractivity contribution in [2.24, 2.45) is 34.5 Å². The Bertz CT molecular complexity index is 372. The first kappa shape index (κ1) is 24.0. The van der Waals surface area contributed by atoms with E-state index in [4.69, 9.17) is 0 Å². The third kappa shape index (κ3) is 7.17. The highest BCUT2D eigenvalue weighted by molar-refractivity contribution is 4.99. The minimum absolute atomic E-state index is 0.288. The van der Waals surface area contributed by atoms with Gasteiger partial charge in [-0.25, -0.2) is 0 Å². The van der Waals surface area contributed by atoms with E-state index in [-0.39, 0.29) is 5.41 Å². The molecular formula is C25H50O. The van der Waals surface area contributed by atoms with E-state index in [1.807, 2.05) is 0 Å². The van der Waals surface area contributed by atoms with Crippen LogP contribution in [0, 0.1) is 34.5 Å². The van der Waals surface area contributed by atoms with Gasteiger partial charge in [-0.2, -0.15) is 0 Å². The second-order valence-electron chi connectivity index (χ2n) is 11.1. The van der Waals surface area contributed by atoms with Gasteiger partial charge >= 0.3 is 0 Å². The second-order valence-corrected chi connectivity index (χ2v) is 11.1. The molecule has 1 saturated carbocycles. The Morgan fingerprint density at radius 1 is 0.808 bits per heavy atom. The Hall–Kier alpha value is -0.0400. The van der Waals surface area contributed by atoms with Crippen LogP contribution in [0.4, 0.5) is 0 Å². The van der Waals surface area contributed by atoms with Crippen molar-refractivity contribution in [3.63, 3.8) is 0 Å². The molecule has 26 heavy (non-hydrogen) atoms. The quantitative estimate of drug-likeness (QED) is 0.351. The van der Waals surface area contributed by atoms with Crippen LogP contribution in [0.5, 0.6) is 0 Å². The van der Waals surface area contributed by atoms with Gasteiger partial charge in [0.25, 0.3) is 0 Å². The van der Waals surface area contributed by atoms with Crippen LogP contribution in [-0.4, -0.2) is 11.7 Å². The van der Waals surface area contributed by atoms with E-state index in [2.05, 4.69) is 48.5 Å². The standard InChI is InChI=1S/C25H50O/c1-20(2)11-8-12-21(3)13-9-14-22(4)15-10-17-25(7)18-16-23(19-26)24(25,5)6/h20-23,26H,8-19H2,1-7H3. The fraction of sp³-hybridized carbons (Fsp3) is 1.00. The third-order valence-electron chi connectivity index (χ3n) is 8.14. The van der Waals surface area contributed by atoms with Gasteiger partial charge in [0.2, 0.25) is 0 Å². The molecule has 1 aliphatic carbocycles. The van der Waals surface area contributed by atoms with Gasteiger partial charge in [0.15, 0.2) is 0 Å². The first-order valence-electron chi connectivity index (χ1n) is 11.7. The summed E-state index contributed by atoms with van der Waals surface area (Å²) in [5.74, 6) is 3.15. The van der Waals surface area contributed by atoms with E-state index in [1.165, 1.54) is 70.6 Å². The van der Waals surface area contributed by atoms with Crippen LogP contribution in [0.3, 0.4) is 0 Å². The monoisotopic (exact) mass is 366 g/mol. The van der Waals surface area contributed by atoms with E-state index < -0.39 is 0 Å². The van der Waals surface area contributed by atoms with Gasteiger partial charge in [0.1, 0.15) is 0 Å². The highest BCUT2D eigenvalue weighted by Gasteiger charge is 2.50. The van der Waals surface area contributed by atoms with Crippen LogP contribution in [0.2, 0.25) is 0 Å². The highest BCUT2D eigenvalue weighted by atomic mass is 16.3. The molecule has 0 radical (unpaired) electrons. The Morgan fingerprint density at radius 3 is 1.77 bits per heavy atom. The van der Waals surface area contributed by atoms with Gasteiger partial charge < -0.3 is 5.11 Å². The van der Waals surface area contributed by atoms with Crippen molar-refractivity contribution in [3.05, 3.63) is 0 Å². The average Bonchev–Trinajstić information content (AvgIpc) is 2.76. The van der Waals surface area contributed by atoms with Crippen LogP contribution in [-0.2, 0) is 0 Å². The Kier molecular flexibility index (Phi) is 10.2. The summed E-state index contributed by atoms with van der Waals surface area (Å²) in [5, 5.41) is 9.67. The molecule has 0 aromatic heterocycles. The minimum Gasteiger partial charge on any atom is -0.396 e. The number of hydrogen-bond acceptors (Lipinski definition) is 1. The van der Waals surface area contributed by atoms with Crippen LogP contribution < -0.4 is 0 Å². The van der Waals surface area contributed by atoms with Gasteiger partial charge in [0, 0.05) is 6.61 Å². The van der Waals surface area contributed by atoms with E-state index in [0.29, 0.717) is 17.9 Å². The lowest BCUT2D eigenvalue weighted by molar-refractivity contribution is 0.0466. The minimum atomic E-state index is 0.288. The zero-order valence-corrected chi connectivity index (χ0v) is 19.2. The summed E-state index contributed by atoms with van der Waals surface area (Å²) in [6.45, 7) is 17.2. The number of aliphatic hydroxyl groups is 1. The topological polar surface area (TPSA) is 20.2 Å². The Labute approximate surface area is 165 Å². The first-order valence-corrected chi connectivity index (χ1v) is 11.7. The highest BCUT2D eigenvalue weighted by Crippen LogP contribution is 2.58. The zero-order valence-electron chi connectivity index (χ0n) is 19.2. The summed E-state index contributed by atoms with van der Waals surface area (Å²) in [6, 6.07) is 0. The summed E-state index contributed by atoms with van der Waals surface area (Å²) in [6.07, 6.45) is 15.1. The molecule has 0 aromatic carbocycles. The lowest BCUT2D eigenvalue weighted by Crippen LogP contribution is -2.35. The number of rotatable bonds is 13. The molecule has 156 valence electrons. The Morgan fingerprint density at radius 2 is 1.31 bits per heavy atom. The summed E-state index contributed by atoms with van der Waals surface area (Å²) in [7, 11) is 0. The smallest absolute Gasteiger partial charge is 0.0464 e. The van der Waals surface area contributed by atoms with E-state index in [9.17, 15) is 5.11 Å². The van der Waals surface area contributed by atoms with Crippen molar-refractivity contribution >= 4 is 0 Å². The SMILES string of the molecule is CC(C)CCCC(C)CCCC(C)CCCC1(C)CCC(CO)C1(C)C. The molecule has 0 saturated heterocycles. The molecule has 1 N–H and O–H groups in total. The largest absolute Gasteiger partial charge is 0.396 e. The van der Waals surface area contributed by atoms with Gasteiger partial charge in [-0.05, 0) is 53.8 Å². The summed E-state index contributed by atoms with van der Waals surface area (Å²) in [5.41, 5.74) is 0.710. The Balaban J connectivity index is 2.18. The van der Waals surface area contributed by atoms with Crippen molar-refractivity contribution < 1.29 is 5.11 Å². The molecule has 0 aromatic rings. The van der Waals surface area contributed by atoms with Crippen LogP contribution in [0.15, 0.2) is 0 Å². The first-order chi connectivity index (χ1) is 12.1. The molecule has 1 rings (SSSR count). The average molecular weight is 367 g/mol. The van der Waals surface area contributed by atoms with Crippen molar-refractivity contribution in [1.82, 2.24) is 0 Å². The molecule has 0 bridgehead atoms. The number of hydrogen-bond donors (Lipinski definition) is 1. The summed E-state index contributed by atoms with van der Waals surface area (Å²) in [4.78, 5) is 0. The fourth-order valence-electron chi connectivity index (χ4n) is 5.25. The zero-order chi connectivity index (χ0) is 19.8. The lowest BCUT2D eigenvalue weighted by atomic mass is 9.63. The normalized spacial score (nSPS) is 27.8. The van der Waals surface area contributed by atoms with Crippen LogP contribution in [0.25, 0.3) is 0 Å². The second kappa shape index (κ2) is 11.1. The maximum absolute atomic E-state index is 9.67.